The number of amides is 1. The molecule has 0 radical (unpaired) electrons. The van der Waals surface area contributed by atoms with Crippen LogP contribution in [0.3, 0.4) is 0 Å². The summed E-state index contributed by atoms with van der Waals surface area (Å²) in [7, 11) is 0. The molecule has 3 aromatic rings. The second-order valence-electron chi connectivity index (χ2n) is 6.11. The minimum atomic E-state index is -0.710. The Morgan fingerprint density at radius 2 is 2.07 bits per heavy atom. The predicted molar refractivity (Wildman–Crippen MR) is 98.1 cm³/mol. The number of nitrogens with zero attached hydrogens (tertiary/aromatic N) is 2. The number of ether oxygens (including phenoxy) is 2. The molecule has 7 nitrogen and oxygen atoms in total. The standard InChI is InChI=1S/C19H16ClN3O4/c20-18-17(23-8-4-3-7-15(23)22-18)19(25)26-11-16(24)21-10-13-9-12-5-1-2-6-14(12)27-13/h1-8,13H,9-11H2,(H,21,24)/t13-/m0/s1. The van der Waals surface area contributed by atoms with Crippen LogP contribution in [0.1, 0.15) is 16.1 Å². The Bertz CT molecular complexity index is 992. The number of hydrogen-bond donors (Lipinski definition) is 1. The van der Waals surface area contributed by atoms with Crippen molar-refractivity contribution in [1.29, 1.82) is 0 Å². The van der Waals surface area contributed by atoms with E-state index in [0.29, 0.717) is 12.2 Å². The summed E-state index contributed by atoms with van der Waals surface area (Å²) < 4.78 is 12.4. The van der Waals surface area contributed by atoms with Crippen LogP contribution in [0.15, 0.2) is 48.7 Å². The first-order valence-electron chi connectivity index (χ1n) is 8.43. The zero-order valence-corrected chi connectivity index (χ0v) is 15.0. The van der Waals surface area contributed by atoms with Gasteiger partial charge in [0.15, 0.2) is 17.5 Å². The molecule has 27 heavy (non-hydrogen) atoms. The van der Waals surface area contributed by atoms with E-state index < -0.39 is 18.5 Å². The van der Waals surface area contributed by atoms with Crippen molar-refractivity contribution >= 4 is 29.1 Å². The monoisotopic (exact) mass is 385 g/mol. The summed E-state index contributed by atoms with van der Waals surface area (Å²) in [5.41, 5.74) is 1.73. The highest BCUT2D eigenvalue weighted by molar-refractivity contribution is 6.32. The van der Waals surface area contributed by atoms with Gasteiger partial charge in [0.05, 0.1) is 6.54 Å². The van der Waals surface area contributed by atoms with Crippen molar-refractivity contribution in [2.45, 2.75) is 12.5 Å². The second kappa shape index (κ2) is 7.28. The molecule has 2 aromatic heterocycles. The first-order valence-corrected chi connectivity index (χ1v) is 8.80. The van der Waals surface area contributed by atoms with Gasteiger partial charge < -0.3 is 14.8 Å². The molecule has 1 N–H and O–H groups in total. The molecule has 0 aliphatic carbocycles. The normalized spacial score (nSPS) is 15.2. The summed E-state index contributed by atoms with van der Waals surface area (Å²) in [4.78, 5) is 28.4. The number of fused-ring (bicyclic) bond motifs is 2. The van der Waals surface area contributed by atoms with Crippen LogP contribution in [0.25, 0.3) is 5.65 Å². The van der Waals surface area contributed by atoms with Gasteiger partial charge in [-0.25, -0.2) is 9.78 Å². The average Bonchev–Trinajstić information content (AvgIpc) is 3.23. The first kappa shape index (κ1) is 17.4. The third-order valence-electron chi connectivity index (χ3n) is 4.26. The molecule has 0 unspecified atom stereocenters. The predicted octanol–water partition coefficient (Wildman–Crippen LogP) is 2.26. The zero-order valence-electron chi connectivity index (χ0n) is 14.2. The molecular formula is C19H16ClN3O4. The van der Waals surface area contributed by atoms with E-state index in [0.717, 1.165) is 17.7 Å². The first-order chi connectivity index (χ1) is 13.1. The molecule has 138 valence electrons. The van der Waals surface area contributed by atoms with Crippen molar-refractivity contribution in [2.75, 3.05) is 13.2 Å². The number of nitrogens with one attached hydrogen (secondary N) is 1. The minimum absolute atomic E-state index is 0.0312. The van der Waals surface area contributed by atoms with Gasteiger partial charge in [0.2, 0.25) is 0 Å². The van der Waals surface area contributed by atoms with Crippen LogP contribution in [-0.2, 0) is 16.0 Å². The van der Waals surface area contributed by atoms with E-state index in [9.17, 15) is 9.59 Å². The summed E-state index contributed by atoms with van der Waals surface area (Å²) in [6, 6.07) is 13.0. The van der Waals surface area contributed by atoms with Crippen LogP contribution in [0.5, 0.6) is 5.75 Å². The van der Waals surface area contributed by atoms with Gasteiger partial charge in [0.25, 0.3) is 5.91 Å². The van der Waals surface area contributed by atoms with Crippen LogP contribution in [0.4, 0.5) is 0 Å². The maximum Gasteiger partial charge on any atom is 0.359 e. The number of esters is 1. The molecule has 0 fully saturated rings. The van der Waals surface area contributed by atoms with E-state index in [1.807, 2.05) is 24.3 Å². The second-order valence-corrected chi connectivity index (χ2v) is 6.47. The lowest BCUT2D eigenvalue weighted by atomic mass is 10.1. The summed E-state index contributed by atoms with van der Waals surface area (Å²) in [5.74, 6) is -0.281. The molecule has 1 amide bonds. The Morgan fingerprint density at radius 3 is 2.93 bits per heavy atom. The maximum atomic E-state index is 12.3. The van der Waals surface area contributed by atoms with Crippen LogP contribution in [0.2, 0.25) is 5.15 Å². The van der Waals surface area contributed by atoms with Gasteiger partial charge in [-0.2, -0.15) is 0 Å². The Labute approximate surface area is 159 Å². The zero-order chi connectivity index (χ0) is 18.8. The lowest BCUT2D eigenvalue weighted by Gasteiger charge is -2.12. The number of rotatable bonds is 5. The van der Waals surface area contributed by atoms with Crippen molar-refractivity contribution in [1.82, 2.24) is 14.7 Å². The highest BCUT2D eigenvalue weighted by Gasteiger charge is 2.23. The molecule has 1 aliphatic heterocycles. The van der Waals surface area contributed by atoms with Gasteiger partial charge >= 0.3 is 5.97 Å². The molecule has 1 aliphatic rings. The number of halogens is 1. The Kier molecular flexibility index (Phi) is 4.68. The maximum absolute atomic E-state index is 12.3. The Balaban J connectivity index is 1.29. The minimum Gasteiger partial charge on any atom is -0.488 e. The van der Waals surface area contributed by atoms with Crippen LogP contribution in [0, 0.1) is 0 Å². The van der Waals surface area contributed by atoms with Crippen LogP contribution < -0.4 is 10.1 Å². The van der Waals surface area contributed by atoms with Gasteiger partial charge in [-0.1, -0.05) is 35.9 Å². The number of para-hydroxylation sites is 1. The van der Waals surface area contributed by atoms with Crippen molar-refractivity contribution in [3.63, 3.8) is 0 Å². The summed E-state index contributed by atoms with van der Waals surface area (Å²) in [5, 5.41) is 2.75. The highest BCUT2D eigenvalue weighted by Crippen LogP contribution is 2.27. The number of benzene rings is 1. The van der Waals surface area contributed by atoms with Gasteiger partial charge in [-0.05, 0) is 23.8 Å². The SMILES string of the molecule is O=C(COC(=O)c1c(Cl)nc2ccccn12)NC[C@@H]1Cc2ccccc2O1. The molecular weight excluding hydrogens is 370 g/mol. The van der Waals surface area contributed by atoms with E-state index in [1.165, 1.54) is 4.40 Å². The van der Waals surface area contributed by atoms with Crippen LogP contribution in [-0.4, -0.2) is 40.5 Å². The lowest BCUT2D eigenvalue weighted by Crippen LogP contribution is -2.37. The largest absolute Gasteiger partial charge is 0.488 e. The lowest BCUT2D eigenvalue weighted by molar-refractivity contribution is -0.124. The van der Waals surface area contributed by atoms with E-state index in [4.69, 9.17) is 21.1 Å². The quantitative estimate of drug-likeness (QED) is 0.681. The van der Waals surface area contributed by atoms with Gasteiger partial charge in [-0.15, -0.1) is 0 Å². The summed E-state index contributed by atoms with van der Waals surface area (Å²) >= 11 is 6.02. The number of aromatic nitrogens is 2. The fourth-order valence-corrected chi connectivity index (χ4v) is 3.25. The number of carbonyl (C=O) groups is 2. The number of hydrogen-bond acceptors (Lipinski definition) is 5. The van der Waals surface area contributed by atoms with Crippen molar-refractivity contribution in [3.05, 3.63) is 65.1 Å². The molecule has 0 saturated carbocycles. The van der Waals surface area contributed by atoms with E-state index >= 15 is 0 Å². The molecule has 8 heteroatoms. The highest BCUT2D eigenvalue weighted by atomic mass is 35.5. The fraction of sp³-hybridized carbons (Fsp3) is 0.211. The molecule has 0 saturated heterocycles. The fourth-order valence-electron chi connectivity index (χ4n) is 3.00. The van der Waals surface area contributed by atoms with E-state index in [2.05, 4.69) is 10.3 Å². The smallest absolute Gasteiger partial charge is 0.359 e. The topological polar surface area (TPSA) is 81.9 Å². The van der Waals surface area contributed by atoms with Crippen molar-refractivity contribution < 1.29 is 19.1 Å². The molecule has 1 aromatic carbocycles. The Morgan fingerprint density at radius 1 is 1.26 bits per heavy atom. The molecule has 1 atom stereocenters. The number of imidazole rings is 1. The molecule has 4 rings (SSSR count). The van der Waals surface area contributed by atoms with Gasteiger partial charge in [0, 0.05) is 12.6 Å². The molecule has 3 heterocycles. The van der Waals surface area contributed by atoms with Gasteiger partial charge in [0.1, 0.15) is 17.5 Å². The molecule has 0 bridgehead atoms. The third kappa shape index (κ3) is 3.59. The number of pyridine rings is 1. The third-order valence-corrected chi connectivity index (χ3v) is 4.52. The van der Waals surface area contributed by atoms with Crippen LogP contribution >= 0.6 is 11.6 Å². The van der Waals surface area contributed by atoms with Gasteiger partial charge in [-0.3, -0.25) is 9.20 Å². The summed E-state index contributed by atoms with van der Waals surface area (Å²) in [6.45, 7) is -0.0731. The average molecular weight is 386 g/mol. The van der Waals surface area contributed by atoms with E-state index in [1.54, 1.807) is 24.4 Å². The van der Waals surface area contributed by atoms with Crippen molar-refractivity contribution in [2.24, 2.45) is 0 Å². The van der Waals surface area contributed by atoms with Crippen molar-refractivity contribution in [3.8, 4) is 5.75 Å². The summed E-state index contributed by atoms with van der Waals surface area (Å²) in [6.07, 6.45) is 2.25. The molecule has 0 spiro atoms. The number of carbonyl (C=O) groups excluding carboxylic acids is 2. The van der Waals surface area contributed by atoms with E-state index in [-0.39, 0.29) is 17.0 Å². The Hall–Kier alpha value is -3.06.